The predicted molar refractivity (Wildman–Crippen MR) is 79.8 cm³/mol. The maximum absolute atomic E-state index is 12.3. The van der Waals surface area contributed by atoms with E-state index >= 15 is 0 Å². The molecule has 0 spiro atoms. The molecule has 0 radical (unpaired) electrons. The second-order valence-electron chi connectivity index (χ2n) is 5.51. The zero-order valence-corrected chi connectivity index (χ0v) is 12.4. The van der Waals surface area contributed by atoms with E-state index in [2.05, 4.69) is 0 Å². The zero-order valence-electron chi connectivity index (χ0n) is 12.4. The summed E-state index contributed by atoms with van der Waals surface area (Å²) in [5, 5.41) is 0. The number of carbonyl (C=O) groups is 2. The van der Waals surface area contributed by atoms with E-state index in [1.165, 1.54) is 0 Å². The van der Waals surface area contributed by atoms with Crippen LogP contribution < -0.4 is 10.5 Å². The van der Waals surface area contributed by atoms with Crippen molar-refractivity contribution in [2.24, 2.45) is 5.73 Å². The molecule has 1 aliphatic heterocycles. The number of carbonyl (C=O) groups excluding carboxylic acids is 2. The predicted octanol–water partition coefficient (Wildman–Crippen LogP) is 1.63. The van der Waals surface area contributed by atoms with E-state index in [1.54, 1.807) is 4.90 Å². The molecule has 114 valence electrons. The van der Waals surface area contributed by atoms with Crippen molar-refractivity contribution in [3.05, 3.63) is 29.8 Å². The monoisotopic (exact) mass is 290 g/mol. The Balaban J connectivity index is 1.91. The molecule has 2 N–H and O–H groups in total. The number of rotatable bonds is 5. The normalized spacial score (nSPS) is 18.3. The fourth-order valence-electron chi connectivity index (χ4n) is 2.64. The molecular formula is C16H22N2O3. The van der Waals surface area contributed by atoms with Gasteiger partial charge in [0, 0.05) is 19.0 Å². The van der Waals surface area contributed by atoms with Crippen LogP contribution in [0.5, 0.6) is 5.75 Å². The van der Waals surface area contributed by atoms with E-state index in [0.717, 1.165) is 24.8 Å². The number of nitrogens with two attached hydrogens (primary N) is 1. The van der Waals surface area contributed by atoms with Crippen LogP contribution in [0.2, 0.25) is 0 Å². The SMILES string of the molecule is Cc1ccc(OCC(=O)N2CCCC[C@H]2CC(N)=O)cc1. The van der Waals surface area contributed by atoms with Gasteiger partial charge in [-0.05, 0) is 38.3 Å². The van der Waals surface area contributed by atoms with E-state index in [0.29, 0.717) is 12.3 Å². The number of hydrogen-bond donors (Lipinski definition) is 1. The van der Waals surface area contributed by atoms with Gasteiger partial charge in [-0.25, -0.2) is 0 Å². The number of amides is 2. The van der Waals surface area contributed by atoms with Crippen molar-refractivity contribution < 1.29 is 14.3 Å². The highest BCUT2D eigenvalue weighted by Gasteiger charge is 2.27. The highest BCUT2D eigenvalue weighted by Crippen LogP contribution is 2.20. The summed E-state index contributed by atoms with van der Waals surface area (Å²) in [5.74, 6) is 0.234. The van der Waals surface area contributed by atoms with Crippen molar-refractivity contribution in [2.45, 2.75) is 38.6 Å². The van der Waals surface area contributed by atoms with Gasteiger partial charge in [-0.15, -0.1) is 0 Å². The number of benzene rings is 1. The number of piperidine rings is 1. The van der Waals surface area contributed by atoms with E-state index in [1.807, 2.05) is 31.2 Å². The van der Waals surface area contributed by atoms with E-state index < -0.39 is 0 Å². The molecule has 1 fully saturated rings. The minimum Gasteiger partial charge on any atom is -0.484 e. The van der Waals surface area contributed by atoms with Crippen molar-refractivity contribution in [2.75, 3.05) is 13.2 Å². The highest BCUT2D eigenvalue weighted by molar-refractivity contribution is 5.80. The summed E-state index contributed by atoms with van der Waals surface area (Å²) in [6.07, 6.45) is 3.06. The zero-order chi connectivity index (χ0) is 15.2. The molecule has 5 heteroatoms. The summed E-state index contributed by atoms with van der Waals surface area (Å²) in [4.78, 5) is 25.1. The van der Waals surface area contributed by atoms with Gasteiger partial charge in [0.2, 0.25) is 5.91 Å². The van der Waals surface area contributed by atoms with E-state index in [-0.39, 0.29) is 30.9 Å². The summed E-state index contributed by atoms with van der Waals surface area (Å²) in [7, 11) is 0. The van der Waals surface area contributed by atoms with Crippen molar-refractivity contribution in [1.82, 2.24) is 4.90 Å². The lowest BCUT2D eigenvalue weighted by atomic mass is 9.99. The van der Waals surface area contributed by atoms with Gasteiger partial charge in [0.25, 0.3) is 5.91 Å². The number of likely N-dealkylation sites (tertiary alicyclic amines) is 1. The Morgan fingerprint density at radius 3 is 2.67 bits per heavy atom. The third kappa shape index (κ3) is 4.48. The van der Waals surface area contributed by atoms with Gasteiger partial charge in [0.15, 0.2) is 6.61 Å². The lowest BCUT2D eigenvalue weighted by Crippen LogP contribution is -2.47. The number of primary amides is 1. The maximum Gasteiger partial charge on any atom is 0.260 e. The summed E-state index contributed by atoms with van der Waals surface area (Å²) >= 11 is 0. The number of hydrogen-bond acceptors (Lipinski definition) is 3. The van der Waals surface area contributed by atoms with Gasteiger partial charge >= 0.3 is 0 Å². The first kappa shape index (κ1) is 15.4. The summed E-state index contributed by atoms with van der Waals surface area (Å²) in [6.45, 7) is 2.67. The summed E-state index contributed by atoms with van der Waals surface area (Å²) in [6, 6.07) is 7.50. The molecule has 2 rings (SSSR count). The van der Waals surface area contributed by atoms with Crippen LogP contribution in [0.1, 0.15) is 31.2 Å². The van der Waals surface area contributed by atoms with Crippen LogP contribution in [-0.2, 0) is 9.59 Å². The molecule has 0 bridgehead atoms. The van der Waals surface area contributed by atoms with Gasteiger partial charge in [-0.3, -0.25) is 9.59 Å². The maximum atomic E-state index is 12.3. The number of aryl methyl sites for hydroxylation is 1. The van der Waals surface area contributed by atoms with Gasteiger partial charge < -0.3 is 15.4 Å². The first-order valence-electron chi connectivity index (χ1n) is 7.33. The van der Waals surface area contributed by atoms with Crippen molar-refractivity contribution in [3.63, 3.8) is 0 Å². The summed E-state index contributed by atoms with van der Waals surface area (Å²) < 4.78 is 5.52. The van der Waals surface area contributed by atoms with E-state index in [4.69, 9.17) is 10.5 Å². The molecule has 0 aromatic heterocycles. The van der Waals surface area contributed by atoms with Crippen LogP contribution in [0, 0.1) is 6.92 Å². The van der Waals surface area contributed by atoms with Gasteiger partial charge in [-0.1, -0.05) is 17.7 Å². The fraction of sp³-hybridized carbons (Fsp3) is 0.500. The average Bonchev–Trinajstić information content (AvgIpc) is 2.46. The van der Waals surface area contributed by atoms with Crippen molar-refractivity contribution in [1.29, 1.82) is 0 Å². The summed E-state index contributed by atoms with van der Waals surface area (Å²) in [5.41, 5.74) is 6.40. The Hall–Kier alpha value is -2.04. The Morgan fingerprint density at radius 2 is 2.00 bits per heavy atom. The van der Waals surface area contributed by atoms with Crippen LogP contribution >= 0.6 is 0 Å². The van der Waals surface area contributed by atoms with Gasteiger partial charge in [0.05, 0.1) is 0 Å². The average molecular weight is 290 g/mol. The Bertz CT molecular complexity index is 499. The Morgan fingerprint density at radius 1 is 1.29 bits per heavy atom. The molecule has 1 saturated heterocycles. The largest absolute Gasteiger partial charge is 0.484 e. The molecule has 21 heavy (non-hydrogen) atoms. The van der Waals surface area contributed by atoms with Gasteiger partial charge in [-0.2, -0.15) is 0 Å². The molecule has 1 heterocycles. The first-order chi connectivity index (χ1) is 10.1. The Labute approximate surface area is 125 Å². The highest BCUT2D eigenvalue weighted by atomic mass is 16.5. The molecule has 2 amide bonds. The first-order valence-corrected chi connectivity index (χ1v) is 7.33. The molecular weight excluding hydrogens is 268 g/mol. The quantitative estimate of drug-likeness (QED) is 0.895. The van der Waals surface area contributed by atoms with Crippen molar-refractivity contribution >= 4 is 11.8 Å². The third-order valence-electron chi connectivity index (χ3n) is 3.77. The van der Waals surface area contributed by atoms with Crippen molar-refractivity contribution in [3.8, 4) is 5.75 Å². The van der Waals surface area contributed by atoms with Crippen LogP contribution in [0.4, 0.5) is 0 Å². The lowest BCUT2D eigenvalue weighted by molar-refractivity contribution is -0.138. The molecule has 0 aliphatic carbocycles. The molecule has 0 saturated carbocycles. The van der Waals surface area contributed by atoms with Crippen LogP contribution in [-0.4, -0.2) is 35.9 Å². The smallest absolute Gasteiger partial charge is 0.260 e. The minimum absolute atomic E-state index is 0.00166. The molecule has 0 unspecified atom stereocenters. The topological polar surface area (TPSA) is 72.6 Å². The van der Waals surface area contributed by atoms with Crippen LogP contribution in [0.25, 0.3) is 0 Å². The minimum atomic E-state index is -0.362. The lowest BCUT2D eigenvalue weighted by Gasteiger charge is -2.35. The van der Waals surface area contributed by atoms with E-state index in [9.17, 15) is 9.59 Å². The second kappa shape index (κ2) is 7.11. The number of nitrogens with zero attached hydrogens (tertiary/aromatic N) is 1. The third-order valence-corrected chi connectivity index (χ3v) is 3.77. The Kier molecular flexibility index (Phi) is 5.20. The standard InChI is InChI=1S/C16H22N2O3/c1-12-5-7-14(8-6-12)21-11-16(20)18-9-3-2-4-13(18)10-15(17)19/h5-8,13H,2-4,9-11H2,1H3,(H2,17,19)/t13-/m0/s1. The molecule has 1 aliphatic rings. The fourth-order valence-corrected chi connectivity index (χ4v) is 2.64. The molecule has 1 aromatic carbocycles. The molecule has 5 nitrogen and oxygen atoms in total. The number of ether oxygens (including phenoxy) is 1. The second-order valence-corrected chi connectivity index (χ2v) is 5.51. The molecule has 1 atom stereocenters. The molecule has 1 aromatic rings. The van der Waals surface area contributed by atoms with Gasteiger partial charge in [0.1, 0.15) is 5.75 Å². The van der Waals surface area contributed by atoms with Crippen LogP contribution in [0.15, 0.2) is 24.3 Å². The van der Waals surface area contributed by atoms with Crippen LogP contribution in [0.3, 0.4) is 0 Å².